The minimum atomic E-state index is -0.352. The van der Waals surface area contributed by atoms with Gasteiger partial charge in [-0.05, 0) is 55.4 Å². The van der Waals surface area contributed by atoms with Crippen LogP contribution in [0.15, 0.2) is 42.5 Å². The Morgan fingerprint density at radius 1 is 0.886 bits per heavy atom. The van der Waals surface area contributed by atoms with Crippen molar-refractivity contribution in [3.8, 4) is 11.5 Å². The third-order valence-corrected chi connectivity index (χ3v) is 6.49. The number of carbonyl (C=O) groups is 2. The van der Waals surface area contributed by atoms with Crippen LogP contribution in [0.1, 0.15) is 27.1 Å². The molecule has 1 atom stereocenters. The molecular formula is C26H32FN3O5. The van der Waals surface area contributed by atoms with E-state index in [2.05, 4.69) is 4.90 Å². The standard InChI is InChI=1S/C26H32FN3O5/c1-33-23-9-6-20(16-24(23)34-2)26(32)30-14-15-35-22(18-30)17-28-10-3-11-29(13-12-28)25(31)19-4-7-21(27)8-5-19/h4-9,16,22H,3,10-15,17-18H2,1-2H3/t22-/m1/s1. The van der Waals surface area contributed by atoms with E-state index in [-0.39, 0.29) is 23.7 Å². The van der Waals surface area contributed by atoms with Crippen LogP contribution in [0, 0.1) is 5.82 Å². The van der Waals surface area contributed by atoms with E-state index in [1.807, 2.05) is 9.80 Å². The summed E-state index contributed by atoms with van der Waals surface area (Å²) in [6.07, 6.45) is 0.737. The van der Waals surface area contributed by atoms with Crippen molar-refractivity contribution in [3.05, 3.63) is 59.4 Å². The molecule has 2 aromatic carbocycles. The van der Waals surface area contributed by atoms with Crippen LogP contribution >= 0.6 is 0 Å². The van der Waals surface area contributed by atoms with Crippen LogP contribution in [-0.2, 0) is 4.74 Å². The molecule has 4 rings (SSSR count). The highest BCUT2D eigenvalue weighted by molar-refractivity contribution is 5.95. The third-order valence-electron chi connectivity index (χ3n) is 6.49. The van der Waals surface area contributed by atoms with Gasteiger partial charge in [0.1, 0.15) is 5.82 Å². The van der Waals surface area contributed by atoms with Gasteiger partial charge < -0.3 is 24.0 Å². The summed E-state index contributed by atoms with van der Waals surface area (Å²) in [5.74, 6) is 0.609. The largest absolute Gasteiger partial charge is 0.493 e. The Morgan fingerprint density at radius 3 is 2.34 bits per heavy atom. The number of benzene rings is 2. The van der Waals surface area contributed by atoms with Gasteiger partial charge in [0.05, 0.1) is 26.9 Å². The molecule has 0 unspecified atom stereocenters. The van der Waals surface area contributed by atoms with Crippen LogP contribution in [0.25, 0.3) is 0 Å². The van der Waals surface area contributed by atoms with Crippen molar-refractivity contribution in [1.29, 1.82) is 0 Å². The van der Waals surface area contributed by atoms with Crippen molar-refractivity contribution in [3.63, 3.8) is 0 Å². The molecule has 0 bridgehead atoms. The number of rotatable bonds is 6. The zero-order valence-corrected chi connectivity index (χ0v) is 20.2. The molecule has 2 saturated heterocycles. The number of methoxy groups -OCH3 is 2. The summed E-state index contributed by atoms with van der Waals surface area (Å²) in [6, 6.07) is 10.9. The smallest absolute Gasteiger partial charge is 0.254 e. The highest BCUT2D eigenvalue weighted by Crippen LogP contribution is 2.28. The first-order valence-corrected chi connectivity index (χ1v) is 11.9. The molecule has 0 aliphatic carbocycles. The van der Waals surface area contributed by atoms with Crippen LogP contribution in [0.3, 0.4) is 0 Å². The Balaban J connectivity index is 1.32. The van der Waals surface area contributed by atoms with Crippen LogP contribution < -0.4 is 9.47 Å². The van der Waals surface area contributed by atoms with Crippen molar-refractivity contribution < 1.29 is 28.2 Å². The summed E-state index contributed by atoms with van der Waals surface area (Å²) in [4.78, 5) is 31.8. The Bertz CT molecular complexity index is 1030. The molecular weight excluding hydrogens is 453 g/mol. The first-order valence-electron chi connectivity index (χ1n) is 11.9. The number of nitrogens with zero attached hydrogens (tertiary/aromatic N) is 3. The van der Waals surface area contributed by atoms with Crippen LogP contribution in [0.4, 0.5) is 4.39 Å². The van der Waals surface area contributed by atoms with Gasteiger partial charge in [-0.25, -0.2) is 4.39 Å². The number of morpholine rings is 1. The van der Waals surface area contributed by atoms with Crippen molar-refractivity contribution in [2.75, 3.05) is 66.6 Å². The van der Waals surface area contributed by atoms with E-state index in [0.717, 1.165) is 19.5 Å². The summed E-state index contributed by atoms with van der Waals surface area (Å²) in [5.41, 5.74) is 1.05. The molecule has 2 aliphatic heterocycles. The molecule has 0 aromatic heterocycles. The average molecular weight is 486 g/mol. The minimum absolute atomic E-state index is 0.0637. The number of amides is 2. The van der Waals surface area contributed by atoms with E-state index in [9.17, 15) is 14.0 Å². The maximum Gasteiger partial charge on any atom is 0.254 e. The predicted octanol–water partition coefficient (Wildman–Crippen LogP) is 2.53. The molecule has 0 spiro atoms. The van der Waals surface area contributed by atoms with Gasteiger partial charge in [0.15, 0.2) is 11.5 Å². The topological polar surface area (TPSA) is 71.5 Å². The zero-order valence-electron chi connectivity index (χ0n) is 20.2. The van der Waals surface area contributed by atoms with E-state index in [0.29, 0.717) is 62.0 Å². The van der Waals surface area contributed by atoms with Gasteiger partial charge in [-0.1, -0.05) is 0 Å². The van der Waals surface area contributed by atoms with Crippen molar-refractivity contribution >= 4 is 11.8 Å². The maximum atomic E-state index is 13.2. The molecule has 0 N–H and O–H groups in total. The molecule has 35 heavy (non-hydrogen) atoms. The number of ether oxygens (including phenoxy) is 3. The average Bonchev–Trinajstić information content (AvgIpc) is 3.13. The fraction of sp³-hybridized carbons (Fsp3) is 0.462. The van der Waals surface area contributed by atoms with Gasteiger partial charge in [0.25, 0.3) is 11.8 Å². The maximum absolute atomic E-state index is 13.2. The number of hydrogen-bond donors (Lipinski definition) is 0. The zero-order chi connectivity index (χ0) is 24.8. The van der Waals surface area contributed by atoms with Crippen molar-refractivity contribution in [2.45, 2.75) is 12.5 Å². The van der Waals surface area contributed by atoms with E-state index in [1.165, 1.54) is 24.3 Å². The summed E-state index contributed by atoms with van der Waals surface area (Å²) >= 11 is 0. The van der Waals surface area contributed by atoms with Gasteiger partial charge in [-0.15, -0.1) is 0 Å². The first kappa shape index (κ1) is 24.9. The molecule has 2 amide bonds. The molecule has 2 heterocycles. The molecule has 0 radical (unpaired) electrons. The van der Waals surface area contributed by atoms with Crippen molar-refractivity contribution in [1.82, 2.24) is 14.7 Å². The van der Waals surface area contributed by atoms with Gasteiger partial charge >= 0.3 is 0 Å². The lowest BCUT2D eigenvalue weighted by molar-refractivity contribution is -0.0353. The summed E-state index contributed by atoms with van der Waals surface area (Å²) in [6.45, 7) is 5.01. The van der Waals surface area contributed by atoms with E-state index >= 15 is 0 Å². The van der Waals surface area contributed by atoms with E-state index < -0.39 is 0 Å². The van der Waals surface area contributed by atoms with Crippen LogP contribution in [0.2, 0.25) is 0 Å². The molecule has 2 aromatic rings. The fourth-order valence-electron chi connectivity index (χ4n) is 4.59. The molecule has 9 heteroatoms. The molecule has 2 aliphatic rings. The Morgan fingerprint density at radius 2 is 1.60 bits per heavy atom. The Kier molecular flexibility index (Phi) is 8.20. The van der Waals surface area contributed by atoms with E-state index in [4.69, 9.17) is 14.2 Å². The van der Waals surface area contributed by atoms with E-state index in [1.54, 1.807) is 32.4 Å². The summed E-state index contributed by atoms with van der Waals surface area (Å²) in [7, 11) is 3.11. The monoisotopic (exact) mass is 485 g/mol. The molecule has 188 valence electrons. The number of halogens is 1. The normalized spacial score (nSPS) is 19.2. The Hall–Kier alpha value is -3.17. The second-order valence-electron chi connectivity index (χ2n) is 8.77. The van der Waals surface area contributed by atoms with Gasteiger partial charge in [-0.2, -0.15) is 0 Å². The third kappa shape index (κ3) is 6.10. The molecule has 8 nitrogen and oxygen atoms in total. The lowest BCUT2D eigenvalue weighted by Crippen LogP contribution is -2.50. The molecule has 0 saturated carbocycles. The second-order valence-corrected chi connectivity index (χ2v) is 8.77. The van der Waals surface area contributed by atoms with Crippen molar-refractivity contribution in [2.24, 2.45) is 0 Å². The molecule has 2 fully saturated rings. The van der Waals surface area contributed by atoms with Gasteiger partial charge in [0.2, 0.25) is 0 Å². The highest BCUT2D eigenvalue weighted by atomic mass is 19.1. The first-order chi connectivity index (χ1) is 17.0. The fourth-order valence-corrected chi connectivity index (χ4v) is 4.59. The SMILES string of the molecule is COc1ccc(C(=O)N2CCO[C@H](CN3CCCN(C(=O)c4ccc(F)cc4)CC3)C2)cc1OC. The van der Waals surface area contributed by atoms with Gasteiger partial charge in [-0.3, -0.25) is 14.5 Å². The van der Waals surface area contributed by atoms with Crippen LogP contribution in [0.5, 0.6) is 11.5 Å². The number of carbonyl (C=O) groups excluding carboxylic acids is 2. The highest BCUT2D eigenvalue weighted by Gasteiger charge is 2.28. The lowest BCUT2D eigenvalue weighted by Gasteiger charge is -2.35. The number of hydrogen-bond acceptors (Lipinski definition) is 6. The summed E-state index contributed by atoms with van der Waals surface area (Å²) in [5, 5.41) is 0. The predicted molar refractivity (Wildman–Crippen MR) is 129 cm³/mol. The Labute approximate surface area is 205 Å². The van der Waals surface area contributed by atoms with Crippen LogP contribution in [-0.4, -0.2) is 99.3 Å². The van der Waals surface area contributed by atoms with Gasteiger partial charge in [0, 0.05) is 50.4 Å². The quantitative estimate of drug-likeness (QED) is 0.626. The summed E-state index contributed by atoms with van der Waals surface area (Å²) < 4.78 is 29.8. The minimum Gasteiger partial charge on any atom is -0.493 e. The second kappa shape index (κ2) is 11.5. The lowest BCUT2D eigenvalue weighted by atomic mass is 10.1.